The summed E-state index contributed by atoms with van der Waals surface area (Å²) in [4.78, 5) is 15.6. The summed E-state index contributed by atoms with van der Waals surface area (Å²) in [7, 11) is 0. The molecule has 3 aromatic heterocycles. The van der Waals surface area contributed by atoms with Gasteiger partial charge in [-0.3, -0.25) is 0 Å². The van der Waals surface area contributed by atoms with E-state index in [0.717, 1.165) is 99.2 Å². The summed E-state index contributed by atoms with van der Waals surface area (Å²) < 4.78 is 12.9. The molecule has 0 unspecified atom stereocenters. The first-order valence-corrected chi connectivity index (χ1v) is 22.9. The van der Waals surface area contributed by atoms with Crippen molar-refractivity contribution in [2.45, 2.75) is 0 Å². The largest absolute Gasteiger partial charge is 0.456 e. The smallest absolute Gasteiger partial charge is 0.164 e. The first kappa shape index (κ1) is 38.1. The third-order valence-corrected chi connectivity index (χ3v) is 13.6. The molecule has 14 rings (SSSR count). The number of benzene rings is 11. The second-order valence-electron chi connectivity index (χ2n) is 17.4. The number of rotatable bonds is 6. The number of hydrogen-bond donors (Lipinski definition) is 0. The molecule has 0 saturated heterocycles. The molecule has 3 heterocycles. The number of fused-ring (bicyclic) bond motifs is 9. The molecule has 0 amide bonds. The first-order chi connectivity index (χ1) is 33.7. The van der Waals surface area contributed by atoms with Crippen LogP contribution in [0.15, 0.2) is 233 Å². The second kappa shape index (κ2) is 15.2. The van der Waals surface area contributed by atoms with Crippen LogP contribution in [0.3, 0.4) is 0 Å². The average Bonchev–Trinajstić information content (AvgIpc) is 3.99. The van der Waals surface area contributed by atoms with E-state index >= 15 is 0 Å². The van der Waals surface area contributed by atoms with Gasteiger partial charge < -0.3 is 8.83 Å². The van der Waals surface area contributed by atoms with Gasteiger partial charge in [0, 0.05) is 38.2 Å². The van der Waals surface area contributed by atoms with Crippen LogP contribution < -0.4 is 0 Å². The summed E-state index contributed by atoms with van der Waals surface area (Å²) in [5, 5.41) is 11.2. The molecular weight excluding hydrogens is 831 g/mol. The Balaban J connectivity index is 0.909. The van der Waals surface area contributed by atoms with Crippen LogP contribution in [0.5, 0.6) is 0 Å². The number of nitrogens with zero attached hydrogens (tertiary/aromatic N) is 3. The molecule has 68 heavy (non-hydrogen) atoms. The maximum absolute atomic E-state index is 6.64. The summed E-state index contributed by atoms with van der Waals surface area (Å²) in [5.74, 6) is 1.80. The molecule has 14 aromatic rings. The zero-order valence-corrected chi connectivity index (χ0v) is 36.5. The molecule has 0 aliphatic rings. The Labute approximate surface area is 390 Å². The van der Waals surface area contributed by atoms with Crippen LogP contribution in [-0.4, -0.2) is 15.0 Å². The van der Waals surface area contributed by atoms with Crippen LogP contribution in [0.1, 0.15) is 0 Å². The topological polar surface area (TPSA) is 65.0 Å². The highest BCUT2D eigenvalue weighted by Gasteiger charge is 2.21. The Morgan fingerprint density at radius 3 is 1.43 bits per heavy atom. The summed E-state index contributed by atoms with van der Waals surface area (Å²) in [6.45, 7) is 0. The van der Waals surface area contributed by atoms with Gasteiger partial charge >= 0.3 is 0 Å². The Bertz CT molecular complexity index is 4340. The second-order valence-corrected chi connectivity index (χ2v) is 17.4. The first-order valence-electron chi connectivity index (χ1n) is 22.9. The monoisotopic (exact) mass is 867 g/mol. The highest BCUT2D eigenvalue weighted by atomic mass is 16.3. The van der Waals surface area contributed by atoms with E-state index in [-0.39, 0.29) is 0 Å². The molecule has 5 nitrogen and oxygen atoms in total. The molecule has 11 aromatic carbocycles. The van der Waals surface area contributed by atoms with Crippen molar-refractivity contribution in [2.24, 2.45) is 0 Å². The van der Waals surface area contributed by atoms with E-state index in [1.807, 2.05) is 60.7 Å². The average molecular weight is 868 g/mol. The van der Waals surface area contributed by atoms with Crippen LogP contribution in [0.2, 0.25) is 0 Å². The van der Waals surface area contributed by atoms with E-state index in [9.17, 15) is 0 Å². The van der Waals surface area contributed by atoms with Crippen molar-refractivity contribution in [1.82, 2.24) is 15.0 Å². The van der Waals surface area contributed by atoms with Crippen LogP contribution in [0, 0.1) is 0 Å². The van der Waals surface area contributed by atoms with E-state index in [1.165, 1.54) is 27.1 Å². The van der Waals surface area contributed by atoms with Crippen molar-refractivity contribution in [3.05, 3.63) is 224 Å². The zero-order chi connectivity index (χ0) is 44.7. The van der Waals surface area contributed by atoms with Gasteiger partial charge in [0.2, 0.25) is 0 Å². The summed E-state index contributed by atoms with van der Waals surface area (Å²) in [6, 6.07) is 78.8. The Morgan fingerprint density at radius 2 is 0.706 bits per heavy atom. The Kier molecular flexibility index (Phi) is 8.52. The quantitative estimate of drug-likeness (QED) is 0.167. The van der Waals surface area contributed by atoms with Gasteiger partial charge in [0.15, 0.2) is 17.5 Å². The minimum Gasteiger partial charge on any atom is -0.456 e. The lowest BCUT2D eigenvalue weighted by atomic mass is 9.88. The fraction of sp³-hybridized carbons (Fsp3) is 0. The predicted molar refractivity (Wildman–Crippen MR) is 280 cm³/mol. The number of aromatic nitrogens is 3. The minimum absolute atomic E-state index is 0.589. The van der Waals surface area contributed by atoms with Crippen LogP contribution in [-0.2, 0) is 0 Å². The lowest BCUT2D eigenvalue weighted by Crippen LogP contribution is -2.01. The van der Waals surface area contributed by atoms with Gasteiger partial charge in [-0.05, 0) is 108 Å². The zero-order valence-electron chi connectivity index (χ0n) is 36.5. The van der Waals surface area contributed by atoms with E-state index in [4.69, 9.17) is 23.8 Å². The summed E-state index contributed by atoms with van der Waals surface area (Å²) in [6.07, 6.45) is 0. The van der Waals surface area contributed by atoms with Gasteiger partial charge in [0.1, 0.15) is 22.3 Å². The Hall–Kier alpha value is -9.19. The van der Waals surface area contributed by atoms with E-state index in [1.54, 1.807) is 0 Å². The predicted octanol–water partition coefficient (Wildman–Crippen LogP) is 17.1. The molecule has 0 aliphatic heterocycles. The molecule has 0 saturated carbocycles. The summed E-state index contributed by atoms with van der Waals surface area (Å²) in [5.41, 5.74) is 13.0. The molecule has 5 heteroatoms. The van der Waals surface area contributed by atoms with Gasteiger partial charge in [-0.25, -0.2) is 15.0 Å². The van der Waals surface area contributed by atoms with Crippen molar-refractivity contribution in [3.63, 3.8) is 0 Å². The molecule has 0 bridgehead atoms. The number of furan rings is 2. The van der Waals surface area contributed by atoms with E-state index in [0.29, 0.717) is 17.5 Å². The van der Waals surface area contributed by atoms with E-state index < -0.39 is 0 Å². The molecule has 316 valence electrons. The molecule has 0 radical (unpaired) electrons. The molecular formula is C63H37N3O2. The molecule has 0 spiro atoms. The highest BCUT2D eigenvalue weighted by Crippen LogP contribution is 2.45. The van der Waals surface area contributed by atoms with Gasteiger partial charge in [0.25, 0.3) is 0 Å². The van der Waals surface area contributed by atoms with Gasteiger partial charge in [-0.2, -0.15) is 0 Å². The normalized spacial score (nSPS) is 11.8. The van der Waals surface area contributed by atoms with Gasteiger partial charge in [-0.1, -0.05) is 182 Å². The molecule has 0 atom stereocenters. The lowest BCUT2D eigenvalue weighted by Gasteiger charge is -2.16. The maximum Gasteiger partial charge on any atom is 0.164 e. The SMILES string of the molecule is c1ccc(-c2nc(-c3ccc(-c4ccc(-c5cccc6oc7cc(-c8ccc9ccccc9c8)ccc7c56)c5ccccc45)c4ccccc34)nc(-c3cccc4oc5ccccc5c34)n2)cc1. The third kappa shape index (κ3) is 6.06. The van der Waals surface area contributed by atoms with E-state index in [2.05, 4.69) is 164 Å². The fourth-order valence-electron chi connectivity index (χ4n) is 10.4. The van der Waals surface area contributed by atoms with Crippen molar-refractivity contribution in [3.8, 4) is 67.5 Å². The molecule has 0 fully saturated rings. The third-order valence-electron chi connectivity index (χ3n) is 13.6. The molecule has 0 aliphatic carbocycles. The maximum atomic E-state index is 6.64. The highest BCUT2D eigenvalue weighted by molar-refractivity contribution is 6.18. The molecule has 0 N–H and O–H groups in total. The number of hydrogen-bond acceptors (Lipinski definition) is 5. The van der Waals surface area contributed by atoms with Crippen molar-refractivity contribution < 1.29 is 8.83 Å². The fourth-order valence-corrected chi connectivity index (χ4v) is 10.4. The van der Waals surface area contributed by atoms with Crippen molar-refractivity contribution in [1.29, 1.82) is 0 Å². The Morgan fingerprint density at radius 1 is 0.235 bits per heavy atom. The van der Waals surface area contributed by atoms with Gasteiger partial charge in [0.05, 0.1) is 0 Å². The van der Waals surface area contributed by atoms with Crippen molar-refractivity contribution in [2.75, 3.05) is 0 Å². The van der Waals surface area contributed by atoms with Crippen LogP contribution >= 0.6 is 0 Å². The minimum atomic E-state index is 0.589. The standard InChI is InChI=1S/C63H37N3O2/c1-2-15-39(16-3-1)61-64-62(66-63(65-61)54-24-13-27-57-60(54)52-22-10-11-25-55(52)67-57)51-35-34-48(45-20-8-9-21-46(45)51)47-32-33-49(44-19-7-6-18-43(44)47)50-23-12-26-56-59(50)53-31-30-42(37-58(53)68-56)41-29-28-38-14-4-5-17-40(38)36-41/h1-37H. The summed E-state index contributed by atoms with van der Waals surface area (Å²) >= 11 is 0. The van der Waals surface area contributed by atoms with Crippen LogP contribution in [0.25, 0.3) is 144 Å². The lowest BCUT2D eigenvalue weighted by molar-refractivity contribution is 0.668. The van der Waals surface area contributed by atoms with Crippen molar-refractivity contribution >= 4 is 76.2 Å². The number of para-hydroxylation sites is 1. The van der Waals surface area contributed by atoms with Gasteiger partial charge in [-0.15, -0.1) is 0 Å². The van der Waals surface area contributed by atoms with Crippen LogP contribution in [0.4, 0.5) is 0 Å².